The highest BCUT2D eigenvalue weighted by molar-refractivity contribution is 5.98. The van der Waals surface area contributed by atoms with Crippen molar-refractivity contribution < 1.29 is 9.53 Å². The van der Waals surface area contributed by atoms with E-state index in [0.29, 0.717) is 18.0 Å². The molecule has 5 heteroatoms. The Morgan fingerprint density at radius 1 is 1.56 bits per heavy atom. The standard InChI is InChI=1S/C13H23N3O2/c1-6-10(2)13(17)12-11(18-5)9-14-16(12)8-7-15(3)4/h9-10H,6-8H2,1-5H3. The molecule has 1 aromatic rings. The normalized spacial score (nSPS) is 12.8. The number of hydrogen-bond acceptors (Lipinski definition) is 4. The number of hydrogen-bond donors (Lipinski definition) is 0. The molecular weight excluding hydrogens is 230 g/mol. The number of ketones is 1. The minimum atomic E-state index is -0.00583. The summed E-state index contributed by atoms with van der Waals surface area (Å²) in [6.45, 7) is 5.47. The van der Waals surface area contributed by atoms with Crippen molar-refractivity contribution in [2.45, 2.75) is 26.8 Å². The smallest absolute Gasteiger partial charge is 0.187 e. The Bertz CT molecular complexity index is 399. The van der Waals surface area contributed by atoms with E-state index < -0.39 is 0 Å². The molecule has 0 aromatic carbocycles. The van der Waals surface area contributed by atoms with Crippen molar-refractivity contribution >= 4 is 5.78 Å². The fraction of sp³-hybridized carbons (Fsp3) is 0.692. The summed E-state index contributed by atoms with van der Waals surface area (Å²) in [7, 11) is 5.56. The number of carbonyl (C=O) groups excluding carboxylic acids is 1. The third-order valence-corrected chi connectivity index (χ3v) is 3.08. The molecular formula is C13H23N3O2. The predicted octanol–water partition coefficient (Wildman–Crippen LogP) is 1.68. The minimum absolute atomic E-state index is 0.00583. The van der Waals surface area contributed by atoms with Crippen LogP contribution in [0.3, 0.4) is 0 Å². The molecule has 1 rings (SSSR count). The Kier molecular flexibility index (Phi) is 5.34. The lowest BCUT2D eigenvalue weighted by Gasteiger charge is -2.14. The van der Waals surface area contributed by atoms with E-state index in [4.69, 9.17) is 4.74 Å². The van der Waals surface area contributed by atoms with Crippen molar-refractivity contribution in [1.82, 2.24) is 14.7 Å². The van der Waals surface area contributed by atoms with E-state index in [1.807, 2.05) is 27.9 Å². The van der Waals surface area contributed by atoms with Crippen LogP contribution in [0.2, 0.25) is 0 Å². The molecule has 0 saturated carbocycles. The van der Waals surface area contributed by atoms with E-state index in [2.05, 4.69) is 10.00 Å². The summed E-state index contributed by atoms with van der Waals surface area (Å²) in [5.74, 6) is 0.665. The molecule has 0 amide bonds. The first-order valence-electron chi connectivity index (χ1n) is 6.30. The molecule has 0 N–H and O–H groups in total. The molecule has 0 aliphatic rings. The molecule has 0 radical (unpaired) electrons. The second-order valence-corrected chi connectivity index (χ2v) is 4.76. The molecule has 0 saturated heterocycles. The lowest BCUT2D eigenvalue weighted by molar-refractivity contribution is 0.0912. The number of Topliss-reactive ketones (excluding diaryl/α,β-unsaturated/α-hetero) is 1. The highest BCUT2D eigenvalue weighted by Gasteiger charge is 2.23. The molecule has 0 bridgehead atoms. The third kappa shape index (κ3) is 3.32. The zero-order valence-corrected chi connectivity index (χ0v) is 11.9. The maximum Gasteiger partial charge on any atom is 0.187 e. The number of carbonyl (C=O) groups is 1. The van der Waals surface area contributed by atoms with Crippen LogP contribution in [0.5, 0.6) is 5.75 Å². The Morgan fingerprint density at radius 3 is 2.72 bits per heavy atom. The fourth-order valence-electron chi connectivity index (χ4n) is 1.65. The fourth-order valence-corrected chi connectivity index (χ4v) is 1.65. The largest absolute Gasteiger partial charge is 0.493 e. The van der Waals surface area contributed by atoms with Crippen LogP contribution >= 0.6 is 0 Å². The maximum absolute atomic E-state index is 12.3. The summed E-state index contributed by atoms with van der Waals surface area (Å²) in [6.07, 6.45) is 2.44. The van der Waals surface area contributed by atoms with Crippen LogP contribution in [0.4, 0.5) is 0 Å². The zero-order valence-electron chi connectivity index (χ0n) is 11.9. The molecule has 0 aliphatic carbocycles. The van der Waals surface area contributed by atoms with E-state index in [-0.39, 0.29) is 11.7 Å². The molecule has 102 valence electrons. The first-order chi connectivity index (χ1) is 8.51. The first kappa shape index (κ1) is 14.7. The monoisotopic (exact) mass is 253 g/mol. The summed E-state index contributed by atoms with van der Waals surface area (Å²) >= 11 is 0. The number of rotatable bonds is 7. The van der Waals surface area contributed by atoms with Gasteiger partial charge in [-0.05, 0) is 20.5 Å². The summed E-state index contributed by atoms with van der Waals surface area (Å²) < 4.78 is 6.97. The molecule has 1 atom stereocenters. The second kappa shape index (κ2) is 6.54. The van der Waals surface area contributed by atoms with Gasteiger partial charge in [0.15, 0.2) is 11.5 Å². The van der Waals surface area contributed by atoms with E-state index in [1.54, 1.807) is 18.0 Å². The molecule has 18 heavy (non-hydrogen) atoms. The Labute approximate surface area is 109 Å². The van der Waals surface area contributed by atoms with E-state index in [1.165, 1.54) is 0 Å². The zero-order chi connectivity index (χ0) is 13.7. The van der Waals surface area contributed by atoms with Crippen molar-refractivity contribution in [1.29, 1.82) is 0 Å². The summed E-state index contributed by atoms with van der Waals surface area (Å²) in [5, 5.41) is 4.24. The number of likely N-dealkylation sites (N-methyl/N-ethyl adjacent to an activating group) is 1. The van der Waals surface area contributed by atoms with Gasteiger partial charge in [0, 0.05) is 12.5 Å². The molecule has 1 unspecified atom stereocenters. The average molecular weight is 253 g/mol. The maximum atomic E-state index is 12.3. The number of methoxy groups -OCH3 is 1. The first-order valence-corrected chi connectivity index (χ1v) is 6.30. The van der Waals surface area contributed by atoms with Crippen molar-refractivity contribution in [3.05, 3.63) is 11.9 Å². The summed E-state index contributed by atoms with van der Waals surface area (Å²) in [5.41, 5.74) is 0.591. The average Bonchev–Trinajstić information content (AvgIpc) is 2.77. The van der Waals surface area contributed by atoms with Gasteiger partial charge in [0.2, 0.25) is 0 Å². The van der Waals surface area contributed by atoms with Crippen LogP contribution < -0.4 is 4.74 Å². The van der Waals surface area contributed by atoms with Gasteiger partial charge in [-0.25, -0.2) is 0 Å². The molecule has 1 aromatic heterocycles. The predicted molar refractivity (Wildman–Crippen MR) is 71.1 cm³/mol. The van der Waals surface area contributed by atoms with Crippen LogP contribution in [0.25, 0.3) is 0 Å². The minimum Gasteiger partial charge on any atom is -0.493 e. The van der Waals surface area contributed by atoms with Crippen LogP contribution in [0, 0.1) is 5.92 Å². The van der Waals surface area contributed by atoms with Gasteiger partial charge in [-0.1, -0.05) is 13.8 Å². The van der Waals surface area contributed by atoms with Gasteiger partial charge in [0.05, 0.1) is 19.9 Å². The topological polar surface area (TPSA) is 47.4 Å². The SMILES string of the molecule is CCC(C)C(=O)c1c(OC)cnn1CCN(C)C. The molecule has 0 spiro atoms. The van der Waals surface area contributed by atoms with Crippen LogP contribution in [-0.4, -0.2) is 48.2 Å². The van der Waals surface area contributed by atoms with Crippen LogP contribution in [0.15, 0.2) is 6.20 Å². The van der Waals surface area contributed by atoms with Crippen molar-refractivity contribution in [3.63, 3.8) is 0 Å². The van der Waals surface area contributed by atoms with E-state index >= 15 is 0 Å². The number of ether oxygens (including phenoxy) is 1. The highest BCUT2D eigenvalue weighted by Crippen LogP contribution is 2.22. The quantitative estimate of drug-likeness (QED) is 0.694. The van der Waals surface area contributed by atoms with E-state index in [0.717, 1.165) is 13.0 Å². The Balaban J connectivity index is 2.98. The van der Waals surface area contributed by atoms with Gasteiger partial charge in [-0.2, -0.15) is 5.10 Å². The molecule has 0 fully saturated rings. The molecule has 5 nitrogen and oxygen atoms in total. The van der Waals surface area contributed by atoms with Gasteiger partial charge < -0.3 is 9.64 Å². The lowest BCUT2D eigenvalue weighted by Crippen LogP contribution is -2.23. The second-order valence-electron chi connectivity index (χ2n) is 4.76. The number of nitrogens with zero attached hydrogens (tertiary/aromatic N) is 3. The Morgan fingerprint density at radius 2 is 2.22 bits per heavy atom. The molecule has 0 aliphatic heterocycles. The van der Waals surface area contributed by atoms with Crippen molar-refractivity contribution in [2.75, 3.05) is 27.7 Å². The van der Waals surface area contributed by atoms with Gasteiger partial charge in [-0.15, -0.1) is 0 Å². The molecule has 1 heterocycles. The van der Waals surface area contributed by atoms with Gasteiger partial charge >= 0.3 is 0 Å². The van der Waals surface area contributed by atoms with Crippen molar-refractivity contribution in [3.8, 4) is 5.75 Å². The van der Waals surface area contributed by atoms with Gasteiger partial charge in [0.25, 0.3) is 0 Å². The van der Waals surface area contributed by atoms with E-state index in [9.17, 15) is 4.79 Å². The van der Waals surface area contributed by atoms with Crippen LogP contribution in [0.1, 0.15) is 30.8 Å². The van der Waals surface area contributed by atoms with Crippen LogP contribution in [-0.2, 0) is 6.54 Å². The highest BCUT2D eigenvalue weighted by atomic mass is 16.5. The van der Waals surface area contributed by atoms with Gasteiger partial charge in [0.1, 0.15) is 5.69 Å². The Hall–Kier alpha value is -1.36. The van der Waals surface area contributed by atoms with Crippen molar-refractivity contribution in [2.24, 2.45) is 5.92 Å². The third-order valence-electron chi connectivity index (χ3n) is 3.08. The lowest BCUT2D eigenvalue weighted by atomic mass is 10.0. The summed E-state index contributed by atoms with van der Waals surface area (Å²) in [4.78, 5) is 14.4. The number of aromatic nitrogens is 2. The van der Waals surface area contributed by atoms with Gasteiger partial charge in [-0.3, -0.25) is 9.48 Å². The summed E-state index contributed by atoms with van der Waals surface area (Å²) in [6, 6.07) is 0.